The average Bonchev–Trinajstić information content (AvgIpc) is 2.72. The minimum absolute atomic E-state index is 0.340. The van der Waals surface area contributed by atoms with Crippen LogP contribution < -0.4 is 5.73 Å². The van der Waals surface area contributed by atoms with Crippen molar-refractivity contribution >= 4 is 21.7 Å². The second kappa shape index (κ2) is 5.29. The van der Waals surface area contributed by atoms with Gasteiger partial charge in [0, 0.05) is 12.7 Å². The van der Waals surface area contributed by atoms with Crippen molar-refractivity contribution in [2.75, 3.05) is 12.3 Å². The van der Waals surface area contributed by atoms with Gasteiger partial charge in [-0.05, 0) is 28.9 Å². The van der Waals surface area contributed by atoms with Gasteiger partial charge in [0.05, 0.1) is 10.7 Å². The summed E-state index contributed by atoms with van der Waals surface area (Å²) < 4.78 is 11.4. The predicted molar refractivity (Wildman–Crippen MR) is 67.2 cm³/mol. The number of nitrogens with two attached hydrogens (primary N) is 1. The zero-order valence-corrected chi connectivity index (χ0v) is 10.9. The zero-order valence-electron chi connectivity index (χ0n) is 9.31. The molecule has 2 aromatic rings. The van der Waals surface area contributed by atoms with Gasteiger partial charge in [0.2, 0.25) is 0 Å². The molecule has 2 aromatic heterocycles. The second-order valence-corrected chi connectivity index (χ2v) is 4.18. The molecule has 0 amide bonds. The summed E-state index contributed by atoms with van der Waals surface area (Å²) in [4.78, 5) is 8.43. The molecule has 0 atom stereocenters. The highest BCUT2D eigenvalue weighted by atomic mass is 79.9. The van der Waals surface area contributed by atoms with Crippen molar-refractivity contribution in [3.8, 4) is 11.5 Å². The number of hydrogen-bond donors (Lipinski definition) is 1. The Labute approximate surface area is 107 Å². The lowest BCUT2D eigenvalue weighted by Crippen LogP contribution is -2.03. The van der Waals surface area contributed by atoms with Gasteiger partial charge in [0.25, 0.3) is 0 Å². The molecule has 0 bridgehead atoms. The topological polar surface area (TPSA) is 74.2 Å². The van der Waals surface area contributed by atoms with E-state index in [9.17, 15) is 0 Å². The molecular weight excluding hydrogens is 286 g/mol. The number of furan rings is 1. The van der Waals surface area contributed by atoms with E-state index < -0.39 is 0 Å². The molecule has 0 aliphatic heterocycles. The van der Waals surface area contributed by atoms with Gasteiger partial charge < -0.3 is 14.9 Å². The van der Waals surface area contributed by atoms with E-state index in [2.05, 4.69) is 25.9 Å². The molecule has 0 saturated carbocycles. The number of nitrogens with zero attached hydrogens (tertiary/aromatic N) is 2. The molecule has 6 heteroatoms. The van der Waals surface area contributed by atoms with Gasteiger partial charge >= 0.3 is 0 Å². The highest BCUT2D eigenvalue weighted by Gasteiger charge is 2.11. The lowest BCUT2D eigenvalue weighted by Gasteiger charge is -2.04. The standard InChI is InChI=1S/C11H12BrN3O2/c1-2-16-6-10-14-8(5-9(13)15-10)11-7(12)3-4-17-11/h3-5H,2,6H2,1H3,(H2,13,14,15). The Morgan fingerprint density at radius 1 is 1.47 bits per heavy atom. The Bertz CT molecular complexity index is 513. The van der Waals surface area contributed by atoms with Crippen LogP contribution in [0.5, 0.6) is 0 Å². The first-order valence-electron chi connectivity index (χ1n) is 5.15. The number of nitrogen functional groups attached to an aromatic ring is 1. The number of halogens is 1. The molecule has 0 aromatic carbocycles. The molecule has 2 N–H and O–H groups in total. The molecule has 0 aliphatic rings. The van der Waals surface area contributed by atoms with Crippen LogP contribution in [0.25, 0.3) is 11.5 Å². The van der Waals surface area contributed by atoms with Gasteiger partial charge in [0.15, 0.2) is 11.6 Å². The van der Waals surface area contributed by atoms with E-state index in [0.29, 0.717) is 36.3 Å². The zero-order chi connectivity index (χ0) is 12.3. The van der Waals surface area contributed by atoms with Crippen LogP contribution in [0, 0.1) is 0 Å². The number of hydrogen-bond acceptors (Lipinski definition) is 5. The summed E-state index contributed by atoms with van der Waals surface area (Å²) in [6.45, 7) is 2.86. The van der Waals surface area contributed by atoms with Crippen molar-refractivity contribution < 1.29 is 9.15 Å². The van der Waals surface area contributed by atoms with E-state index in [1.165, 1.54) is 0 Å². The third-order valence-electron chi connectivity index (χ3n) is 2.08. The summed E-state index contributed by atoms with van der Waals surface area (Å²) in [5.74, 6) is 1.58. The molecule has 2 heterocycles. The van der Waals surface area contributed by atoms with Crippen molar-refractivity contribution in [2.45, 2.75) is 13.5 Å². The summed E-state index contributed by atoms with van der Waals surface area (Å²) in [6, 6.07) is 3.47. The van der Waals surface area contributed by atoms with Gasteiger partial charge in [-0.3, -0.25) is 0 Å². The Hall–Kier alpha value is -1.40. The van der Waals surface area contributed by atoms with Crippen LogP contribution in [0.1, 0.15) is 12.7 Å². The minimum atomic E-state index is 0.340. The lowest BCUT2D eigenvalue weighted by molar-refractivity contribution is 0.128. The first-order valence-corrected chi connectivity index (χ1v) is 5.94. The SMILES string of the molecule is CCOCc1nc(N)cc(-c2occc2Br)n1. The highest BCUT2D eigenvalue weighted by Crippen LogP contribution is 2.28. The molecule has 2 rings (SSSR count). The fourth-order valence-corrected chi connectivity index (χ4v) is 1.77. The van der Waals surface area contributed by atoms with Crippen LogP contribution in [0.15, 0.2) is 27.3 Å². The van der Waals surface area contributed by atoms with E-state index in [1.807, 2.05) is 6.92 Å². The normalized spacial score (nSPS) is 10.7. The van der Waals surface area contributed by atoms with E-state index in [1.54, 1.807) is 18.4 Å². The maximum Gasteiger partial charge on any atom is 0.166 e. The van der Waals surface area contributed by atoms with Gasteiger partial charge in [0.1, 0.15) is 18.1 Å². The summed E-state index contributed by atoms with van der Waals surface area (Å²) in [5, 5.41) is 0. The van der Waals surface area contributed by atoms with E-state index in [-0.39, 0.29) is 0 Å². The molecular formula is C11H12BrN3O2. The van der Waals surface area contributed by atoms with Crippen molar-refractivity contribution in [1.29, 1.82) is 0 Å². The summed E-state index contributed by atoms with van der Waals surface area (Å²) in [6.07, 6.45) is 1.58. The summed E-state index contributed by atoms with van der Waals surface area (Å²) >= 11 is 3.38. The molecule has 0 spiro atoms. The molecule has 0 unspecified atom stereocenters. The smallest absolute Gasteiger partial charge is 0.166 e. The third-order valence-corrected chi connectivity index (χ3v) is 2.70. The first kappa shape index (κ1) is 12.1. The molecule has 90 valence electrons. The van der Waals surface area contributed by atoms with Crippen LogP contribution >= 0.6 is 15.9 Å². The average molecular weight is 298 g/mol. The van der Waals surface area contributed by atoms with Gasteiger partial charge in [-0.1, -0.05) is 0 Å². The van der Waals surface area contributed by atoms with Gasteiger partial charge in [-0.25, -0.2) is 9.97 Å². The number of anilines is 1. The van der Waals surface area contributed by atoms with E-state index in [4.69, 9.17) is 14.9 Å². The summed E-state index contributed by atoms with van der Waals surface area (Å²) in [5.41, 5.74) is 6.37. The molecule has 5 nitrogen and oxygen atoms in total. The van der Waals surface area contributed by atoms with Crippen molar-refractivity contribution in [1.82, 2.24) is 9.97 Å². The van der Waals surface area contributed by atoms with Crippen molar-refractivity contribution in [3.63, 3.8) is 0 Å². The fraction of sp³-hybridized carbons (Fsp3) is 0.273. The minimum Gasteiger partial charge on any atom is -0.461 e. The van der Waals surface area contributed by atoms with E-state index in [0.717, 1.165) is 4.47 Å². The van der Waals surface area contributed by atoms with Crippen LogP contribution in [-0.2, 0) is 11.3 Å². The fourth-order valence-electron chi connectivity index (χ4n) is 1.37. The Balaban J connectivity index is 2.35. The highest BCUT2D eigenvalue weighted by molar-refractivity contribution is 9.10. The quantitative estimate of drug-likeness (QED) is 0.939. The van der Waals surface area contributed by atoms with Crippen molar-refractivity contribution in [3.05, 3.63) is 28.7 Å². The predicted octanol–water partition coefficient (Wildman–Crippen LogP) is 2.62. The summed E-state index contributed by atoms with van der Waals surface area (Å²) in [7, 11) is 0. The van der Waals surface area contributed by atoms with Crippen LogP contribution in [-0.4, -0.2) is 16.6 Å². The largest absolute Gasteiger partial charge is 0.461 e. The third kappa shape index (κ3) is 2.83. The Morgan fingerprint density at radius 3 is 2.94 bits per heavy atom. The van der Waals surface area contributed by atoms with Crippen LogP contribution in [0.2, 0.25) is 0 Å². The van der Waals surface area contributed by atoms with Crippen LogP contribution in [0.3, 0.4) is 0 Å². The first-order chi connectivity index (χ1) is 8.20. The molecule has 0 saturated heterocycles. The Morgan fingerprint density at radius 2 is 2.29 bits per heavy atom. The Kier molecular flexibility index (Phi) is 3.75. The molecule has 0 radical (unpaired) electrons. The maximum atomic E-state index is 5.72. The molecule has 0 aliphatic carbocycles. The van der Waals surface area contributed by atoms with Crippen molar-refractivity contribution in [2.24, 2.45) is 0 Å². The number of rotatable bonds is 4. The number of ether oxygens (including phenoxy) is 1. The molecule has 17 heavy (non-hydrogen) atoms. The number of aromatic nitrogens is 2. The monoisotopic (exact) mass is 297 g/mol. The second-order valence-electron chi connectivity index (χ2n) is 3.33. The van der Waals surface area contributed by atoms with Gasteiger partial charge in [-0.15, -0.1) is 0 Å². The van der Waals surface area contributed by atoms with Crippen LogP contribution in [0.4, 0.5) is 5.82 Å². The maximum absolute atomic E-state index is 5.72. The van der Waals surface area contributed by atoms with Gasteiger partial charge in [-0.2, -0.15) is 0 Å². The van der Waals surface area contributed by atoms with E-state index >= 15 is 0 Å². The lowest BCUT2D eigenvalue weighted by atomic mass is 10.3. The molecule has 0 fully saturated rings.